The van der Waals surface area contributed by atoms with E-state index in [2.05, 4.69) is 48.5 Å². The minimum absolute atomic E-state index is 0.0102. The third-order valence-corrected chi connectivity index (χ3v) is 6.77. The van der Waals surface area contributed by atoms with Gasteiger partial charge in [-0.15, -0.1) is 10.2 Å². The molecule has 4 aliphatic carbocycles. The Hall–Kier alpha value is -1.65. The summed E-state index contributed by atoms with van der Waals surface area (Å²) in [5.41, 5.74) is 1.50. The maximum atomic E-state index is 13.2. The van der Waals surface area contributed by atoms with Gasteiger partial charge in [-0.2, -0.15) is 0 Å². The Morgan fingerprint density at radius 3 is 2.19 bits per heavy atom. The average Bonchev–Trinajstić information content (AvgIpc) is 2.58. The Kier molecular flexibility index (Phi) is 4.89. The molecular formula is C22H34N4O. The number of nitrogens with zero attached hydrogens (tertiary/aromatic N) is 2. The zero-order valence-electron chi connectivity index (χ0n) is 17.2. The fraction of sp³-hybridized carbons (Fsp3) is 0.773. The van der Waals surface area contributed by atoms with Crippen molar-refractivity contribution in [3.05, 3.63) is 17.3 Å². The van der Waals surface area contributed by atoms with E-state index in [-0.39, 0.29) is 17.4 Å². The molecule has 4 aliphatic rings. The van der Waals surface area contributed by atoms with Crippen molar-refractivity contribution in [2.45, 2.75) is 77.7 Å². The summed E-state index contributed by atoms with van der Waals surface area (Å²) in [5, 5.41) is 15.4. The van der Waals surface area contributed by atoms with Crippen molar-refractivity contribution in [3.63, 3.8) is 0 Å². The molecule has 0 radical (unpaired) electrons. The summed E-state index contributed by atoms with van der Waals surface area (Å²) in [6, 6.07) is 2.01. The molecule has 0 unspecified atom stereocenters. The fourth-order valence-corrected chi connectivity index (χ4v) is 5.98. The summed E-state index contributed by atoms with van der Waals surface area (Å²) >= 11 is 0. The molecule has 1 heterocycles. The molecule has 0 spiro atoms. The van der Waals surface area contributed by atoms with Gasteiger partial charge in [0.25, 0.3) is 5.91 Å². The van der Waals surface area contributed by atoms with E-state index in [1.807, 2.05) is 6.07 Å². The molecule has 5 rings (SSSR count). The lowest BCUT2D eigenvalue weighted by Gasteiger charge is -2.56. The van der Waals surface area contributed by atoms with Gasteiger partial charge in [-0.3, -0.25) is 4.79 Å². The molecule has 5 heteroatoms. The van der Waals surface area contributed by atoms with E-state index in [1.165, 1.54) is 19.3 Å². The molecule has 0 atom stereocenters. The highest BCUT2D eigenvalue weighted by Gasteiger charge is 2.51. The van der Waals surface area contributed by atoms with Gasteiger partial charge in [0.2, 0.25) is 0 Å². The number of aromatic nitrogens is 2. The van der Waals surface area contributed by atoms with Gasteiger partial charge in [0.15, 0.2) is 5.69 Å². The summed E-state index contributed by atoms with van der Waals surface area (Å²) in [5.74, 6) is 3.95. The van der Waals surface area contributed by atoms with Crippen LogP contribution in [-0.2, 0) is 0 Å². The van der Waals surface area contributed by atoms with E-state index >= 15 is 0 Å². The van der Waals surface area contributed by atoms with E-state index in [9.17, 15) is 4.79 Å². The summed E-state index contributed by atoms with van der Waals surface area (Å²) < 4.78 is 0. The van der Waals surface area contributed by atoms with Gasteiger partial charge in [-0.25, -0.2) is 0 Å². The molecule has 4 fully saturated rings. The Bertz CT molecular complexity index is 677. The molecule has 5 nitrogen and oxygen atoms in total. The summed E-state index contributed by atoms with van der Waals surface area (Å²) in [7, 11) is 0. The van der Waals surface area contributed by atoms with E-state index in [1.54, 1.807) is 0 Å². The van der Waals surface area contributed by atoms with Crippen LogP contribution in [0.15, 0.2) is 6.07 Å². The molecule has 0 aliphatic heterocycles. The summed E-state index contributed by atoms with van der Waals surface area (Å²) in [4.78, 5) is 13.2. The predicted octanol–water partition coefficient (Wildman–Crippen LogP) is 4.37. The van der Waals surface area contributed by atoms with Gasteiger partial charge in [0, 0.05) is 12.1 Å². The van der Waals surface area contributed by atoms with Gasteiger partial charge in [-0.1, -0.05) is 27.7 Å². The molecule has 27 heavy (non-hydrogen) atoms. The third-order valence-electron chi connectivity index (χ3n) is 6.77. The van der Waals surface area contributed by atoms with Crippen LogP contribution in [0.1, 0.15) is 88.2 Å². The molecule has 1 amide bonds. The van der Waals surface area contributed by atoms with E-state index in [4.69, 9.17) is 0 Å². The number of rotatable bonds is 6. The number of carbonyl (C=O) groups excluding carboxylic acids is 1. The van der Waals surface area contributed by atoms with E-state index in [0.717, 1.165) is 54.9 Å². The van der Waals surface area contributed by atoms with Crippen LogP contribution in [0.4, 0.5) is 5.82 Å². The first-order chi connectivity index (χ1) is 12.8. The lowest BCUT2D eigenvalue weighted by atomic mass is 9.53. The van der Waals surface area contributed by atoms with Crippen molar-refractivity contribution < 1.29 is 4.79 Å². The first-order valence-corrected chi connectivity index (χ1v) is 10.8. The Balaban J connectivity index is 1.53. The monoisotopic (exact) mass is 370 g/mol. The Labute approximate surface area is 163 Å². The standard InChI is InChI=1S/C22H34N4O/c1-13(2)12-23-19-8-18(14(3)4)20(26-25-19)21(27)24-22-9-15-5-16(10-22)7-17(6-15)11-22/h8,13-17H,5-7,9-12H2,1-4H3,(H,23,25)(H,24,27). The van der Waals surface area contributed by atoms with Crippen molar-refractivity contribution in [1.29, 1.82) is 0 Å². The predicted molar refractivity (Wildman–Crippen MR) is 108 cm³/mol. The zero-order valence-corrected chi connectivity index (χ0v) is 17.2. The van der Waals surface area contributed by atoms with Gasteiger partial charge >= 0.3 is 0 Å². The number of amides is 1. The summed E-state index contributed by atoms with van der Waals surface area (Å²) in [6.07, 6.45) is 7.60. The Morgan fingerprint density at radius 1 is 1.07 bits per heavy atom. The van der Waals surface area contributed by atoms with Crippen molar-refractivity contribution >= 4 is 11.7 Å². The number of hydrogen-bond acceptors (Lipinski definition) is 4. The second kappa shape index (κ2) is 7.06. The van der Waals surface area contributed by atoms with Crippen molar-refractivity contribution in [2.75, 3.05) is 11.9 Å². The second-order valence-electron chi connectivity index (χ2n) is 10.1. The van der Waals surface area contributed by atoms with Crippen LogP contribution in [0.3, 0.4) is 0 Å². The van der Waals surface area contributed by atoms with Gasteiger partial charge in [-0.05, 0) is 79.7 Å². The smallest absolute Gasteiger partial charge is 0.272 e. The quantitative estimate of drug-likeness (QED) is 0.780. The van der Waals surface area contributed by atoms with Gasteiger partial charge in [0.05, 0.1) is 0 Å². The number of hydrogen-bond donors (Lipinski definition) is 2. The number of anilines is 1. The SMILES string of the molecule is CC(C)CNc1cc(C(C)C)c(C(=O)NC23CC4CC(CC(C4)C2)C3)nn1. The minimum Gasteiger partial charge on any atom is -0.368 e. The summed E-state index contributed by atoms with van der Waals surface area (Å²) in [6.45, 7) is 9.41. The molecule has 1 aromatic heterocycles. The molecule has 0 saturated heterocycles. The van der Waals surface area contributed by atoms with Crippen molar-refractivity contribution in [1.82, 2.24) is 15.5 Å². The molecule has 148 valence electrons. The first kappa shape index (κ1) is 18.7. The van der Waals surface area contributed by atoms with Crippen LogP contribution in [-0.4, -0.2) is 28.2 Å². The Morgan fingerprint density at radius 2 is 1.67 bits per heavy atom. The number of carbonyl (C=O) groups is 1. The molecular weight excluding hydrogens is 336 g/mol. The maximum Gasteiger partial charge on any atom is 0.272 e. The first-order valence-electron chi connectivity index (χ1n) is 10.8. The average molecular weight is 371 g/mol. The normalized spacial score (nSPS) is 31.6. The van der Waals surface area contributed by atoms with Gasteiger partial charge < -0.3 is 10.6 Å². The van der Waals surface area contributed by atoms with Crippen molar-refractivity contribution in [3.8, 4) is 0 Å². The van der Waals surface area contributed by atoms with Crippen LogP contribution in [0.2, 0.25) is 0 Å². The van der Waals surface area contributed by atoms with Crippen LogP contribution in [0.5, 0.6) is 0 Å². The number of nitrogens with one attached hydrogen (secondary N) is 2. The molecule has 4 saturated carbocycles. The zero-order chi connectivity index (χ0) is 19.2. The molecule has 4 bridgehead atoms. The van der Waals surface area contributed by atoms with Gasteiger partial charge in [0.1, 0.15) is 5.82 Å². The fourth-order valence-electron chi connectivity index (χ4n) is 5.98. The van der Waals surface area contributed by atoms with Crippen LogP contribution >= 0.6 is 0 Å². The lowest BCUT2D eigenvalue weighted by Crippen LogP contribution is -2.60. The highest BCUT2D eigenvalue weighted by Crippen LogP contribution is 2.55. The minimum atomic E-state index is -0.0245. The lowest BCUT2D eigenvalue weighted by molar-refractivity contribution is -0.0168. The van der Waals surface area contributed by atoms with Crippen LogP contribution < -0.4 is 10.6 Å². The molecule has 2 N–H and O–H groups in total. The molecule has 1 aromatic rings. The van der Waals surface area contributed by atoms with E-state index in [0.29, 0.717) is 11.6 Å². The van der Waals surface area contributed by atoms with Crippen LogP contribution in [0, 0.1) is 23.7 Å². The van der Waals surface area contributed by atoms with Crippen molar-refractivity contribution in [2.24, 2.45) is 23.7 Å². The highest BCUT2D eigenvalue weighted by molar-refractivity contribution is 5.94. The topological polar surface area (TPSA) is 66.9 Å². The van der Waals surface area contributed by atoms with E-state index < -0.39 is 0 Å². The second-order valence-corrected chi connectivity index (χ2v) is 10.1. The maximum absolute atomic E-state index is 13.2. The third kappa shape index (κ3) is 3.83. The van der Waals surface area contributed by atoms with Crippen LogP contribution in [0.25, 0.3) is 0 Å². The molecule has 0 aromatic carbocycles. The highest BCUT2D eigenvalue weighted by atomic mass is 16.2. The largest absolute Gasteiger partial charge is 0.368 e.